The first-order valence-electron chi connectivity index (χ1n) is 7.83. The number of nitriles is 2. The van der Waals surface area contributed by atoms with Crippen LogP contribution in [0.4, 0.5) is 0 Å². The minimum Gasteiger partial charge on any atom is -0.364 e. The van der Waals surface area contributed by atoms with Crippen molar-refractivity contribution in [3.8, 4) is 12.1 Å². The monoisotopic (exact) mass is 318 g/mol. The van der Waals surface area contributed by atoms with Gasteiger partial charge in [0.25, 0.3) is 0 Å². The van der Waals surface area contributed by atoms with Crippen molar-refractivity contribution in [3.63, 3.8) is 0 Å². The Morgan fingerprint density at radius 1 is 0.958 bits per heavy atom. The Labute approximate surface area is 141 Å². The van der Waals surface area contributed by atoms with Crippen LogP contribution in [0.5, 0.6) is 0 Å². The lowest BCUT2D eigenvalue weighted by Gasteiger charge is -2.31. The van der Waals surface area contributed by atoms with Gasteiger partial charge in [-0.3, -0.25) is 0 Å². The molecule has 0 saturated heterocycles. The molecule has 4 nitrogen and oxygen atoms in total. The molecule has 0 unspecified atom stereocenters. The van der Waals surface area contributed by atoms with E-state index in [1.807, 2.05) is 45.0 Å². The third-order valence-corrected chi connectivity index (χ3v) is 4.56. The summed E-state index contributed by atoms with van der Waals surface area (Å²) in [6, 6.07) is 11.9. The Hall–Kier alpha value is -2.66. The summed E-state index contributed by atoms with van der Waals surface area (Å²) < 4.78 is 5.83. The summed E-state index contributed by atoms with van der Waals surface area (Å²) in [5.41, 5.74) is 6.31. The van der Waals surface area contributed by atoms with Gasteiger partial charge in [0.1, 0.15) is 0 Å². The first-order valence-corrected chi connectivity index (χ1v) is 7.83. The Balaban J connectivity index is 2.11. The molecule has 1 aliphatic rings. The third kappa shape index (κ3) is 2.67. The molecular formula is C20H18N2O2. The van der Waals surface area contributed by atoms with E-state index >= 15 is 0 Å². The van der Waals surface area contributed by atoms with Crippen LogP contribution < -0.4 is 0 Å². The van der Waals surface area contributed by atoms with Crippen LogP contribution in [0.3, 0.4) is 0 Å². The van der Waals surface area contributed by atoms with Gasteiger partial charge in [-0.05, 0) is 60.7 Å². The zero-order valence-corrected chi connectivity index (χ0v) is 13.9. The minimum absolute atomic E-state index is 0.380. The number of nitrogens with zero attached hydrogens (tertiary/aromatic N) is 2. The van der Waals surface area contributed by atoms with Crippen molar-refractivity contribution in [1.82, 2.24) is 0 Å². The lowest BCUT2D eigenvalue weighted by Crippen LogP contribution is -2.22. The highest BCUT2D eigenvalue weighted by atomic mass is 16.6. The quantitative estimate of drug-likeness (QED) is 0.870. The van der Waals surface area contributed by atoms with E-state index in [9.17, 15) is 15.6 Å². The van der Waals surface area contributed by atoms with Crippen LogP contribution in [-0.2, 0) is 11.2 Å². The fourth-order valence-electron chi connectivity index (χ4n) is 3.38. The molecule has 4 heteroatoms. The predicted octanol–water partition coefficient (Wildman–Crippen LogP) is 3.66. The van der Waals surface area contributed by atoms with Gasteiger partial charge in [0.05, 0.1) is 29.4 Å². The van der Waals surface area contributed by atoms with Crippen molar-refractivity contribution >= 4 is 0 Å². The van der Waals surface area contributed by atoms with Gasteiger partial charge in [-0.15, -0.1) is 0 Å². The van der Waals surface area contributed by atoms with E-state index in [1.165, 1.54) is 0 Å². The SMILES string of the molecule is Cc1cc(C#N)c(C)c([C@@H]2Cc3c(C#N)cc(C)cc3[C@@H](O)O2)c1. The molecule has 0 aliphatic carbocycles. The number of aliphatic hydroxyl groups is 1. The van der Waals surface area contributed by atoms with E-state index in [1.54, 1.807) is 0 Å². The Morgan fingerprint density at radius 3 is 2.17 bits per heavy atom. The second-order valence-electron chi connectivity index (χ2n) is 6.31. The molecule has 1 aliphatic heterocycles. The van der Waals surface area contributed by atoms with Gasteiger partial charge in [0, 0.05) is 12.0 Å². The number of aliphatic hydroxyl groups excluding tert-OH is 1. The molecule has 0 amide bonds. The molecule has 1 heterocycles. The number of hydrogen-bond acceptors (Lipinski definition) is 4. The van der Waals surface area contributed by atoms with Crippen molar-refractivity contribution in [3.05, 3.63) is 68.8 Å². The van der Waals surface area contributed by atoms with Crippen LogP contribution >= 0.6 is 0 Å². The average Bonchev–Trinajstić information content (AvgIpc) is 2.56. The molecule has 2 atom stereocenters. The number of rotatable bonds is 1. The highest BCUT2D eigenvalue weighted by Gasteiger charge is 2.30. The maximum atomic E-state index is 10.4. The molecule has 0 saturated carbocycles. The summed E-state index contributed by atoms with van der Waals surface area (Å²) in [6.07, 6.45) is -0.949. The molecule has 120 valence electrons. The molecule has 1 N–H and O–H groups in total. The maximum absolute atomic E-state index is 10.4. The maximum Gasteiger partial charge on any atom is 0.182 e. The Morgan fingerprint density at radius 2 is 1.54 bits per heavy atom. The number of aryl methyl sites for hydroxylation is 2. The fraction of sp³-hybridized carbons (Fsp3) is 0.300. The van der Waals surface area contributed by atoms with Gasteiger partial charge in [0.15, 0.2) is 6.29 Å². The van der Waals surface area contributed by atoms with Crippen molar-refractivity contribution in [2.24, 2.45) is 0 Å². The average molecular weight is 318 g/mol. The smallest absolute Gasteiger partial charge is 0.182 e. The first kappa shape index (κ1) is 16.2. The fourth-order valence-corrected chi connectivity index (χ4v) is 3.38. The van der Waals surface area contributed by atoms with E-state index in [2.05, 4.69) is 12.1 Å². The van der Waals surface area contributed by atoms with E-state index in [0.29, 0.717) is 23.1 Å². The second-order valence-corrected chi connectivity index (χ2v) is 6.31. The lowest BCUT2D eigenvalue weighted by atomic mass is 9.87. The van der Waals surface area contributed by atoms with Crippen LogP contribution in [0.15, 0.2) is 24.3 Å². The summed E-state index contributed by atoms with van der Waals surface area (Å²) in [6.45, 7) is 5.71. The van der Waals surface area contributed by atoms with Gasteiger partial charge >= 0.3 is 0 Å². The van der Waals surface area contributed by atoms with Crippen LogP contribution in [0.1, 0.15) is 56.9 Å². The minimum atomic E-state index is -1.07. The second kappa shape index (κ2) is 6.09. The summed E-state index contributed by atoms with van der Waals surface area (Å²) in [5, 5.41) is 29.2. The van der Waals surface area contributed by atoms with E-state index in [-0.39, 0.29) is 6.10 Å². The third-order valence-electron chi connectivity index (χ3n) is 4.56. The van der Waals surface area contributed by atoms with Gasteiger partial charge < -0.3 is 9.84 Å². The normalized spacial score (nSPS) is 19.2. The Kier molecular flexibility index (Phi) is 4.11. The molecule has 0 spiro atoms. The molecule has 0 radical (unpaired) electrons. The van der Waals surface area contributed by atoms with Gasteiger partial charge in [-0.1, -0.05) is 12.1 Å². The number of hydrogen-bond donors (Lipinski definition) is 1. The summed E-state index contributed by atoms with van der Waals surface area (Å²) >= 11 is 0. The molecule has 24 heavy (non-hydrogen) atoms. The zero-order chi connectivity index (χ0) is 17.4. The number of ether oxygens (including phenoxy) is 1. The van der Waals surface area contributed by atoms with Crippen LogP contribution in [-0.4, -0.2) is 5.11 Å². The standard InChI is InChI=1S/C20H18N2O2/c1-11-4-14(9-21)13(3)16(6-11)19-8-17-15(10-22)5-12(2)7-18(17)20(23)24-19/h4-7,19-20,23H,8H2,1-3H3/t19-,20-/m0/s1. The number of benzene rings is 2. The van der Waals surface area contributed by atoms with Crippen LogP contribution in [0, 0.1) is 43.4 Å². The molecular weight excluding hydrogens is 300 g/mol. The highest BCUT2D eigenvalue weighted by Crippen LogP contribution is 2.39. The topological polar surface area (TPSA) is 77.0 Å². The lowest BCUT2D eigenvalue weighted by molar-refractivity contribution is -0.151. The summed E-state index contributed by atoms with van der Waals surface area (Å²) in [5.74, 6) is 0. The van der Waals surface area contributed by atoms with Crippen molar-refractivity contribution in [2.45, 2.75) is 39.6 Å². The molecule has 0 aromatic heterocycles. The highest BCUT2D eigenvalue weighted by molar-refractivity contribution is 5.50. The summed E-state index contributed by atoms with van der Waals surface area (Å²) in [7, 11) is 0. The van der Waals surface area contributed by atoms with Gasteiger partial charge in [-0.2, -0.15) is 10.5 Å². The van der Waals surface area contributed by atoms with Crippen LogP contribution in [0.2, 0.25) is 0 Å². The first-order chi connectivity index (χ1) is 11.4. The van der Waals surface area contributed by atoms with Crippen molar-refractivity contribution < 1.29 is 9.84 Å². The molecule has 0 bridgehead atoms. The van der Waals surface area contributed by atoms with E-state index in [4.69, 9.17) is 4.74 Å². The number of fused-ring (bicyclic) bond motifs is 1. The summed E-state index contributed by atoms with van der Waals surface area (Å²) in [4.78, 5) is 0. The van der Waals surface area contributed by atoms with Gasteiger partial charge in [0.2, 0.25) is 0 Å². The zero-order valence-electron chi connectivity index (χ0n) is 13.9. The van der Waals surface area contributed by atoms with E-state index < -0.39 is 6.29 Å². The largest absolute Gasteiger partial charge is 0.364 e. The van der Waals surface area contributed by atoms with Crippen molar-refractivity contribution in [2.75, 3.05) is 0 Å². The Bertz CT molecular complexity index is 903. The van der Waals surface area contributed by atoms with E-state index in [0.717, 1.165) is 27.8 Å². The van der Waals surface area contributed by atoms with Crippen LogP contribution in [0.25, 0.3) is 0 Å². The molecule has 2 aromatic carbocycles. The van der Waals surface area contributed by atoms with Crippen molar-refractivity contribution in [1.29, 1.82) is 10.5 Å². The molecule has 3 rings (SSSR count). The molecule has 0 fully saturated rings. The predicted molar refractivity (Wildman–Crippen MR) is 89.0 cm³/mol. The molecule has 2 aromatic rings. The van der Waals surface area contributed by atoms with Gasteiger partial charge in [-0.25, -0.2) is 0 Å².